The van der Waals surface area contributed by atoms with Gasteiger partial charge < -0.3 is 0 Å². The second-order valence-electron chi connectivity index (χ2n) is 3.03. The molecule has 14 heavy (non-hydrogen) atoms. The highest BCUT2D eigenvalue weighted by Crippen LogP contribution is 2.15. The van der Waals surface area contributed by atoms with Crippen LogP contribution in [0.15, 0.2) is 61.2 Å². The van der Waals surface area contributed by atoms with Crippen LogP contribution in [-0.4, -0.2) is 0 Å². The van der Waals surface area contributed by atoms with Crippen molar-refractivity contribution in [3.05, 3.63) is 66.8 Å². The fourth-order valence-electron chi connectivity index (χ4n) is 1.30. The van der Waals surface area contributed by atoms with Crippen molar-refractivity contribution in [2.45, 2.75) is 13.3 Å². The van der Waals surface area contributed by atoms with E-state index in [0.29, 0.717) is 0 Å². The molecule has 0 aromatic heterocycles. The van der Waals surface area contributed by atoms with E-state index in [1.54, 1.807) is 6.08 Å². The Kier molecular flexibility index (Phi) is 4.49. The van der Waals surface area contributed by atoms with E-state index in [1.165, 1.54) is 11.1 Å². The molecule has 0 saturated carbocycles. The van der Waals surface area contributed by atoms with Crippen molar-refractivity contribution >= 4 is 5.57 Å². The number of hydrogen-bond acceptors (Lipinski definition) is 0. The Balaban J connectivity index is 2.95. The summed E-state index contributed by atoms with van der Waals surface area (Å²) in [7, 11) is 0. The quantitative estimate of drug-likeness (QED) is 0.614. The van der Waals surface area contributed by atoms with Crippen molar-refractivity contribution in [3.8, 4) is 0 Å². The van der Waals surface area contributed by atoms with E-state index in [4.69, 9.17) is 0 Å². The molecule has 0 amide bonds. The van der Waals surface area contributed by atoms with Crippen LogP contribution < -0.4 is 0 Å². The van der Waals surface area contributed by atoms with Gasteiger partial charge in [0.15, 0.2) is 0 Å². The van der Waals surface area contributed by atoms with E-state index in [9.17, 15) is 0 Å². The highest BCUT2D eigenvalue weighted by atomic mass is 14.0. The molecule has 0 fully saturated rings. The summed E-state index contributed by atoms with van der Waals surface area (Å²) in [5.74, 6) is 0. The molecule has 0 heterocycles. The molecular weight excluding hydrogens is 168 g/mol. The van der Waals surface area contributed by atoms with E-state index in [0.717, 1.165) is 6.42 Å². The van der Waals surface area contributed by atoms with Crippen LogP contribution in [0.3, 0.4) is 0 Å². The molecule has 1 aromatic rings. The summed E-state index contributed by atoms with van der Waals surface area (Å²) in [6, 6.07) is 10.4. The van der Waals surface area contributed by atoms with E-state index in [-0.39, 0.29) is 0 Å². The molecule has 1 rings (SSSR count). The Labute approximate surface area is 86.3 Å². The van der Waals surface area contributed by atoms with Crippen molar-refractivity contribution in [3.63, 3.8) is 0 Å². The molecule has 0 radical (unpaired) electrons. The van der Waals surface area contributed by atoms with Gasteiger partial charge >= 0.3 is 0 Å². The van der Waals surface area contributed by atoms with Gasteiger partial charge in [0.05, 0.1) is 0 Å². The highest BCUT2D eigenvalue weighted by molar-refractivity contribution is 5.74. The van der Waals surface area contributed by atoms with E-state index >= 15 is 0 Å². The minimum atomic E-state index is 1.05. The van der Waals surface area contributed by atoms with Crippen LogP contribution in [0, 0.1) is 0 Å². The standard InChI is InChI=1S/C14H16/c1-3-5-10-13(9-4-2)14-11-7-6-8-12-14/h3,5-12H,1,4H2,2H3. The first-order chi connectivity index (χ1) is 6.88. The molecule has 0 N–H and O–H groups in total. The van der Waals surface area contributed by atoms with Crippen LogP contribution in [0.25, 0.3) is 5.57 Å². The highest BCUT2D eigenvalue weighted by Gasteiger charge is 1.93. The fraction of sp³-hybridized carbons (Fsp3) is 0.143. The Morgan fingerprint density at radius 2 is 2.00 bits per heavy atom. The second-order valence-corrected chi connectivity index (χ2v) is 3.03. The Morgan fingerprint density at radius 3 is 2.57 bits per heavy atom. The summed E-state index contributed by atoms with van der Waals surface area (Å²) in [5.41, 5.74) is 2.51. The maximum Gasteiger partial charge on any atom is -0.0187 e. The molecule has 0 aliphatic carbocycles. The third kappa shape index (κ3) is 3.06. The van der Waals surface area contributed by atoms with Crippen LogP contribution >= 0.6 is 0 Å². The molecule has 0 aliphatic heterocycles. The SMILES string of the molecule is C=CC=CC(=CCC)c1ccccc1. The molecule has 0 saturated heterocycles. The Morgan fingerprint density at radius 1 is 1.29 bits per heavy atom. The van der Waals surface area contributed by atoms with Crippen LogP contribution in [0.4, 0.5) is 0 Å². The van der Waals surface area contributed by atoms with E-state index in [1.807, 2.05) is 12.1 Å². The van der Waals surface area contributed by atoms with Gasteiger partial charge in [0.2, 0.25) is 0 Å². The third-order valence-electron chi connectivity index (χ3n) is 1.94. The van der Waals surface area contributed by atoms with Crippen LogP contribution in [0.2, 0.25) is 0 Å². The monoisotopic (exact) mass is 184 g/mol. The topological polar surface area (TPSA) is 0 Å². The zero-order valence-electron chi connectivity index (χ0n) is 8.61. The summed E-state index contributed by atoms with van der Waals surface area (Å²) >= 11 is 0. The zero-order chi connectivity index (χ0) is 10.2. The van der Waals surface area contributed by atoms with Gasteiger partial charge in [-0.1, -0.05) is 68.1 Å². The molecule has 0 bridgehead atoms. The molecule has 72 valence electrons. The lowest BCUT2D eigenvalue weighted by Crippen LogP contribution is -1.79. The number of allylic oxidation sites excluding steroid dienone is 5. The van der Waals surface area contributed by atoms with Gasteiger partial charge in [0, 0.05) is 0 Å². The molecule has 0 heteroatoms. The van der Waals surface area contributed by atoms with Crippen LogP contribution in [0.5, 0.6) is 0 Å². The van der Waals surface area contributed by atoms with E-state index in [2.05, 4.69) is 49.9 Å². The molecule has 0 aliphatic rings. The zero-order valence-corrected chi connectivity index (χ0v) is 8.61. The first-order valence-corrected chi connectivity index (χ1v) is 4.93. The first kappa shape index (κ1) is 10.5. The molecule has 0 unspecified atom stereocenters. The first-order valence-electron chi connectivity index (χ1n) is 4.93. The summed E-state index contributed by atoms with van der Waals surface area (Å²) in [5, 5.41) is 0. The number of hydrogen-bond donors (Lipinski definition) is 0. The van der Waals surface area contributed by atoms with Crippen molar-refractivity contribution in [1.29, 1.82) is 0 Å². The summed E-state index contributed by atoms with van der Waals surface area (Å²) in [6.45, 7) is 5.82. The molecule has 0 atom stereocenters. The minimum Gasteiger partial charge on any atom is -0.0991 e. The lowest BCUT2D eigenvalue weighted by molar-refractivity contribution is 1.23. The summed E-state index contributed by atoms with van der Waals surface area (Å²) in [6.07, 6.45) is 9.12. The maximum absolute atomic E-state index is 3.67. The van der Waals surface area contributed by atoms with Gasteiger partial charge in [-0.2, -0.15) is 0 Å². The Hall–Kier alpha value is -1.56. The molecular formula is C14H16. The van der Waals surface area contributed by atoms with Gasteiger partial charge in [-0.05, 0) is 17.6 Å². The van der Waals surface area contributed by atoms with Crippen molar-refractivity contribution in [2.75, 3.05) is 0 Å². The van der Waals surface area contributed by atoms with Crippen molar-refractivity contribution in [1.82, 2.24) is 0 Å². The van der Waals surface area contributed by atoms with E-state index < -0.39 is 0 Å². The summed E-state index contributed by atoms with van der Waals surface area (Å²) < 4.78 is 0. The van der Waals surface area contributed by atoms with Gasteiger partial charge in [0.25, 0.3) is 0 Å². The van der Waals surface area contributed by atoms with Crippen molar-refractivity contribution in [2.24, 2.45) is 0 Å². The maximum atomic E-state index is 3.67. The van der Waals surface area contributed by atoms with Crippen LogP contribution in [-0.2, 0) is 0 Å². The lowest BCUT2D eigenvalue weighted by atomic mass is 10.0. The smallest absolute Gasteiger partial charge is 0.0187 e. The van der Waals surface area contributed by atoms with Crippen LogP contribution in [0.1, 0.15) is 18.9 Å². The average molecular weight is 184 g/mol. The number of rotatable bonds is 4. The van der Waals surface area contributed by atoms with Gasteiger partial charge in [-0.25, -0.2) is 0 Å². The largest absolute Gasteiger partial charge is 0.0991 e. The van der Waals surface area contributed by atoms with Gasteiger partial charge in [-0.3, -0.25) is 0 Å². The second kappa shape index (κ2) is 5.98. The van der Waals surface area contributed by atoms with Gasteiger partial charge in [0.1, 0.15) is 0 Å². The average Bonchev–Trinajstić information content (AvgIpc) is 2.25. The lowest BCUT2D eigenvalue weighted by Gasteiger charge is -2.01. The Bertz CT molecular complexity index is 328. The molecule has 0 nitrogen and oxygen atoms in total. The third-order valence-corrected chi connectivity index (χ3v) is 1.94. The van der Waals surface area contributed by atoms with Crippen molar-refractivity contribution < 1.29 is 0 Å². The predicted molar refractivity (Wildman–Crippen MR) is 64.0 cm³/mol. The molecule has 1 aromatic carbocycles. The number of benzene rings is 1. The summed E-state index contributed by atoms with van der Waals surface area (Å²) in [4.78, 5) is 0. The normalized spacial score (nSPS) is 11.9. The minimum absolute atomic E-state index is 1.05. The fourth-order valence-corrected chi connectivity index (χ4v) is 1.30. The van der Waals surface area contributed by atoms with Gasteiger partial charge in [-0.15, -0.1) is 0 Å². The predicted octanol–water partition coefficient (Wildman–Crippen LogP) is 4.22. The molecule has 0 spiro atoms.